The van der Waals surface area contributed by atoms with Crippen molar-refractivity contribution >= 4 is 41.5 Å². The number of hydrogen-bond donors (Lipinski definition) is 2. The summed E-state index contributed by atoms with van der Waals surface area (Å²) in [6.45, 7) is 4.65. The minimum Gasteiger partial charge on any atom is -0.377 e. The minimum atomic E-state index is 0. The second kappa shape index (κ2) is 9.27. The number of rotatable bonds is 5. The summed E-state index contributed by atoms with van der Waals surface area (Å²) in [7, 11) is 0. The molecule has 1 aromatic rings. The van der Waals surface area contributed by atoms with E-state index in [1.165, 1.54) is 32.1 Å². The van der Waals surface area contributed by atoms with Gasteiger partial charge in [-0.05, 0) is 44.2 Å². The van der Waals surface area contributed by atoms with Crippen molar-refractivity contribution in [3.8, 4) is 0 Å². The summed E-state index contributed by atoms with van der Waals surface area (Å²) in [5.41, 5.74) is 1.51. The van der Waals surface area contributed by atoms with Gasteiger partial charge in [0.1, 0.15) is 5.15 Å². The van der Waals surface area contributed by atoms with Crippen LogP contribution in [0.2, 0.25) is 5.15 Å². The second-order valence-electron chi connectivity index (χ2n) is 7.81. The molecule has 0 radical (unpaired) electrons. The third-order valence-electron chi connectivity index (χ3n) is 6.38. The van der Waals surface area contributed by atoms with Crippen LogP contribution in [0.15, 0.2) is 23.3 Å². The van der Waals surface area contributed by atoms with Crippen LogP contribution in [0.4, 0.5) is 0 Å². The quantitative estimate of drug-likeness (QED) is 0.277. The maximum absolute atomic E-state index is 6.09. The lowest BCUT2D eigenvalue weighted by Crippen LogP contribution is -2.69. The zero-order valence-corrected chi connectivity index (χ0v) is 19.0. The summed E-state index contributed by atoms with van der Waals surface area (Å²) in [5, 5.41) is 7.74. The Morgan fingerprint density at radius 3 is 2.89 bits per heavy atom. The number of ether oxygens (including phenoxy) is 1. The topological polar surface area (TPSA) is 58.5 Å². The number of halogens is 2. The van der Waals surface area contributed by atoms with E-state index in [1.54, 1.807) is 0 Å². The predicted octanol–water partition coefficient (Wildman–Crippen LogP) is 3.80. The normalized spacial score (nSPS) is 28.4. The number of nitrogens with one attached hydrogen (secondary N) is 2. The average molecular weight is 505 g/mol. The van der Waals surface area contributed by atoms with Gasteiger partial charge in [-0.3, -0.25) is 4.99 Å². The fraction of sp³-hybridized carbons (Fsp3) is 0.700. The lowest BCUT2D eigenvalue weighted by atomic mass is 9.54. The zero-order valence-electron chi connectivity index (χ0n) is 15.9. The highest BCUT2D eigenvalue weighted by Gasteiger charge is 2.65. The van der Waals surface area contributed by atoms with E-state index in [0.717, 1.165) is 37.6 Å². The predicted molar refractivity (Wildman–Crippen MR) is 120 cm³/mol. The van der Waals surface area contributed by atoms with Crippen molar-refractivity contribution in [3.05, 3.63) is 29.0 Å². The zero-order chi connectivity index (χ0) is 18.0. The number of aliphatic imine (C=N–C) groups is 1. The standard InChI is InChI=1S/C20H29ClN4O.HI/c1-2-22-19(23-11-7-14-5-6-16(21)24-13-14)25-17-15-8-12-26-18(15)20(17)9-3-4-10-20;/h5-6,13,15,17-18H,2-4,7-12H2,1H3,(H2,22,23,25);1H. The molecule has 1 spiro atoms. The summed E-state index contributed by atoms with van der Waals surface area (Å²) in [5.74, 6) is 1.59. The number of guanidine groups is 1. The first-order valence-electron chi connectivity index (χ1n) is 10.00. The molecule has 2 N–H and O–H groups in total. The SMILES string of the molecule is CCNC(=NCCc1ccc(Cl)nc1)NC1C2CCOC2C12CCCC2.I. The maximum atomic E-state index is 6.09. The Morgan fingerprint density at radius 1 is 1.37 bits per heavy atom. The fourth-order valence-electron chi connectivity index (χ4n) is 5.22. The highest BCUT2D eigenvalue weighted by Crippen LogP contribution is 2.60. The van der Waals surface area contributed by atoms with Gasteiger partial charge in [0.25, 0.3) is 0 Å². The molecule has 3 atom stereocenters. The number of pyridine rings is 1. The molecule has 27 heavy (non-hydrogen) atoms. The van der Waals surface area contributed by atoms with Gasteiger partial charge in [-0.25, -0.2) is 4.98 Å². The lowest BCUT2D eigenvalue weighted by Gasteiger charge is -2.57. The Balaban J connectivity index is 0.00000210. The average Bonchev–Trinajstić information content (AvgIpc) is 3.30. The van der Waals surface area contributed by atoms with Crippen molar-refractivity contribution in [2.24, 2.45) is 16.3 Å². The number of fused-ring (bicyclic) bond motifs is 2. The first-order chi connectivity index (χ1) is 12.7. The first-order valence-corrected chi connectivity index (χ1v) is 10.4. The van der Waals surface area contributed by atoms with E-state index < -0.39 is 0 Å². The largest absolute Gasteiger partial charge is 0.377 e. The van der Waals surface area contributed by atoms with E-state index in [0.29, 0.717) is 28.6 Å². The third-order valence-corrected chi connectivity index (χ3v) is 6.61. The molecular formula is C20H30ClIN4O. The van der Waals surface area contributed by atoms with Gasteiger partial charge < -0.3 is 15.4 Å². The van der Waals surface area contributed by atoms with Crippen LogP contribution in [0.3, 0.4) is 0 Å². The smallest absolute Gasteiger partial charge is 0.191 e. The van der Waals surface area contributed by atoms with Crippen molar-refractivity contribution in [1.82, 2.24) is 15.6 Å². The van der Waals surface area contributed by atoms with E-state index in [4.69, 9.17) is 21.3 Å². The molecule has 2 saturated carbocycles. The molecule has 2 heterocycles. The Morgan fingerprint density at radius 2 is 2.19 bits per heavy atom. The van der Waals surface area contributed by atoms with Gasteiger partial charge in [-0.15, -0.1) is 24.0 Å². The van der Waals surface area contributed by atoms with E-state index in [-0.39, 0.29) is 24.0 Å². The molecule has 1 aliphatic heterocycles. The van der Waals surface area contributed by atoms with Crippen LogP contribution < -0.4 is 10.6 Å². The van der Waals surface area contributed by atoms with Crippen molar-refractivity contribution in [3.63, 3.8) is 0 Å². The molecule has 5 nitrogen and oxygen atoms in total. The van der Waals surface area contributed by atoms with Crippen molar-refractivity contribution in [1.29, 1.82) is 0 Å². The van der Waals surface area contributed by atoms with Gasteiger partial charge in [-0.2, -0.15) is 0 Å². The molecule has 3 aliphatic rings. The second-order valence-corrected chi connectivity index (χ2v) is 8.19. The Labute approximate surface area is 184 Å². The minimum absolute atomic E-state index is 0. The van der Waals surface area contributed by atoms with Crippen LogP contribution in [0.5, 0.6) is 0 Å². The molecule has 3 unspecified atom stereocenters. The van der Waals surface area contributed by atoms with Crippen LogP contribution in [0.25, 0.3) is 0 Å². The van der Waals surface area contributed by atoms with Crippen LogP contribution >= 0.6 is 35.6 Å². The molecule has 4 rings (SSSR count). The first kappa shape index (κ1) is 21.1. The van der Waals surface area contributed by atoms with Crippen LogP contribution in [-0.4, -0.2) is 42.8 Å². The highest BCUT2D eigenvalue weighted by atomic mass is 127. The van der Waals surface area contributed by atoms with Gasteiger partial charge in [0.15, 0.2) is 5.96 Å². The Hall–Kier alpha value is -0.600. The van der Waals surface area contributed by atoms with Crippen LogP contribution in [-0.2, 0) is 11.2 Å². The molecule has 1 saturated heterocycles. The molecule has 3 fully saturated rings. The van der Waals surface area contributed by atoms with Crippen molar-refractivity contribution in [2.75, 3.05) is 19.7 Å². The molecule has 0 bridgehead atoms. The molecule has 2 aliphatic carbocycles. The highest BCUT2D eigenvalue weighted by molar-refractivity contribution is 14.0. The van der Waals surface area contributed by atoms with E-state index >= 15 is 0 Å². The van der Waals surface area contributed by atoms with Gasteiger partial charge in [0.2, 0.25) is 0 Å². The molecule has 150 valence electrons. The summed E-state index contributed by atoms with van der Waals surface area (Å²) < 4.78 is 6.09. The summed E-state index contributed by atoms with van der Waals surface area (Å²) in [4.78, 5) is 8.95. The van der Waals surface area contributed by atoms with Gasteiger partial charge in [0.05, 0.1) is 6.10 Å². The molecule has 7 heteroatoms. The van der Waals surface area contributed by atoms with E-state index in [1.807, 2.05) is 18.3 Å². The summed E-state index contributed by atoms with van der Waals surface area (Å²) >= 11 is 5.85. The molecule has 0 aromatic carbocycles. The van der Waals surface area contributed by atoms with E-state index in [9.17, 15) is 0 Å². The summed E-state index contributed by atoms with van der Waals surface area (Å²) in [6.07, 6.45) is 9.61. The summed E-state index contributed by atoms with van der Waals surface area (Å²) in [6, 6.07) is 4.36. The number of nitrogens with zero attached hydrogens (tertiary/aromatic N) is 2. The monoisotopic (exact) mass is 504 g/mol. The fourth-order valence-corrected chi connectivity index (χ4v) is 5.33. The van der Waals surface area contributed by atoms with Crippen molar-refractivity contribution < 1.29 is 4.74 Å². The third kappa shape index (κ3) is 4.22. The van der Waals surface area contributed by atoms with E-state index in [2.05, 4.69) is 22.5 Å². The van der Waals surface area contributed by atoms with Crippen molar-refractivity contribution in [2.45, 2.75) is 57.6 Å². The molecule has 1 aromatic heterocycles. The molecule has 0 amide bonds. The Kier molecular flexibility index (Phi) is 7.25. The van der Waals surface area contributed by atoms with Gasteiger partial charge >= 0.3 is 0 Å². The molecular weight excluding hydrogens is 475 g/mol. The van der Waals surface area contributed by atoms with Gasteiger partial charge in [-0.1, -0.05) is 30.5 Å². The number of hydrogen-bond acceptors (Lipinski definition) is 3. The number of aromatic nitrogens is 1. The van der Waals surface area contributed by atoms with Gasteiger partial charge in [0, 0.05) is 43.3 Å². The lowest BCUT2D eigenvalue weighted by molar-refractivity contribution is -0.125. The van der Waals surface area contributed by atoms with Crippen LogP contribution in [0, 0.1) is 11.3 Å². The Bertz CT molecular complexity index is 648. The maximum Gasteiger partial charge on any atom is 0.191 e. The van der Waals surface area contributed by atoms with Crippen LogP contribution in [0.1, 0.15) is 44.6 Å².